The highest BCUT2D eigenvalue weighted by atomic mass is 16.5. The van der Waals surface area contributed by atoms with Gasteiger partial charge in [-0.2, -0.15) is 4.98 Å². The van der Waals surface area contributed by atoms with E-state index in [1.807, 2.05) is 4.90 Å². The Morgan fingerprint density at radius 1 is 1.25 bits per heavy atom. The van der Waals surface area contributed by atoms with E-state index in [-0.39, 0.29) is 12.1 Å². The lowest BCUT2D eigenvalue weighted by Gasteiger charge is -2.34. The van der Waals surface area contributed by atoms with E-state index in [0.29, 0.717) is 18.3 Å². The molecule has 1 aromatic carbocycles. The third kappa shape index (κ3) is 4.13. The van der Waals surface area contributed by atoms with Crippen molar-refractivity contribution in [3.05, 3.63) is 41.5 Å². The summed E-state index contributed by atoms with van der Waals surface area (Å²) in [6, 6.07) is 8.51. The van der Waals surface area contributed by atoms with Gasteiger partial charge in [-0.1, -0.05) is 23.4 Å². The lowest BCUT2D eigenvalue weighted by Crippen LogP contribution is -2.45. The largest absolute Gasteiger partial charge is 0.371 e. The Bertz CT molecular complexity index is 806. The first-order valence-corrected chi connectivity index (χ1v) is 10.4. The van der Waals surface area contributed by atoms with Crippen molar-refractivity contribution in [3.63, 3.8) is 0 Å². The van der Waals surface area contributed by atoms with Gasteiger partial charge in [-0.25, -0.2) is 4.79 Å². The van der Waals surface area contributed by atoms with E-state index in [1.54, 1.807) is 6.92 Å². The van der Waals surface area contributed by atoms with Gasteiger partial charge in [0.1, 0.15) is 6.04 Å². The summed E-state index contributed by atoms with van der Waals surface area (Å²) in [6.45, 7) is 5.26. The fourth-order valence-electron chi connectivity index (χ4n) is 4.29. The second-order valence-corrected chi connectivity index (χ2v) is 7.69. The fourth-order valence-corrected chi connectivity index (χ4v) is 4.29. The molecule has 2 aliphatic rings. The van der Waals surface area contributed by atoms with E-state index in [2.05, 4.69) is 44.6 Å². The first kappa shape index (κ1) is 18.8. The van der Waals surface area contributed by atoms with Crippen LogP contribution in [0.4, 0.5) is 10.5 Å². The number of urea groups is 1. The van der Waals surface area contributed by atoms with Crippen LogP contribution in [0.2, 0.25) is 0 Å². The maximum atomic E-state index is 12.7. The molecule has 0 spiro atoms. The number of piperidine rings is 1. The van der Waals surface area contributed by atoms with E-state index in [0.717, 1.165) is 51.7 Å². The smallest absolute Gasteiger partial charge is 0.318 e. The monoisotopic (exact) mass is 383 g/mol. The number of anilines is 1. The predicted molar refractivity (Wildman–Crippen MR) is 107 cm³/mol. The summed E-state index contributed by atoms with van der Waals surface area (Å²) in [5.74, 6) is 1.17. The quantitative estimate of drug-likeness (QED) is 0.801. The number of likely N-dealkylation sites (tertiary alicyclic amines) is 1. The van der Waals surface area contributed by atoms with Gasteiger partial charge in [0.2, 0.25) is 5.89 Å². The van der Waals surface area contributed by atoms with Gasteiger partial charge in [-0.05, 0) is 57.1 Å². The van der Waals surface area contributed by atoms with Crippen molar-refractivity contribution in [1.82, 2.24) is 20.4 Å². The van der Waals surface area contributed by atoms with Gasteiger partial charge < -0.3 is 19.6 Å². The number of benzene rings is 1. The molecule has 1 saturated heterocycles. The van der Waals surface area contributed by atoms with E-state index < -0.39 is 0 Å². The number of aryl methyl sites for hydroxylation is 2. The number of hydrogen-bond acceptors (Lipinski definition) is 5. The number of rotatable bonds is 5. The van der Waals surface area contributed by atoms with Crippen LogP contribution in [0.15, 0.2) is 28.8 Å². The molecule has 1 aromatic heterocycles. The molecule has 3 heterocycles. The van der Waals surface area contributed by atoms with Gasteiger partial charge in [0.05, 0.1) is 0 Å². The standard InChI is InChI=1S/C21H29N5O2/c1-16-23-20(28-24-16)19-11-4-5-15-26(19)21(27)22-12-7-14-25-13-6-9-17-8-2-3-10-18(17)25/h2-3,8,10,19H,4-7,9,11-15H2,1H3,(H,22,27). The van der Waals surface area contributed by atoms with Crippen LogP contribution in [0.25, 0.3) is 0 Å². The molecule has 0 bridgehead atoms. The van der Waals surface area contributed by atoms with E-state index in [9.17, 15) is 4.79 Å². The van der Waals surface area contributed by atoms with E-state index in [1.165, 1.54) is 17.7 Å². The average molecular weight is 383 g/mol. The van der Waals surface area contributed by atoms with E-state index in [4.69, 9.17) is 4.52 Å². The van der Waals surface area contributed by atoms with Crippen molar-refractivity contribution in [2.45, 2.75) is 51.5 Å². The van der Waals surface area contributed by atoms with Gasteiger partial charge in [0.25, 0.3) is 0 Å². The van der Waals surface area contributed by atoms with Crippen molar-refractivity contribution in [3.8, 4) is 0 Å². The highest BCUT2D eigenvalue weighted by molar-refractivity contribution is 5.74. The molecule has 7 nitrogen and oxygen atoms in total. The van der Waals surface area contributed by atoms with Crippen molar-refractivity contribution < 1.29 is 9.32 Å². The van der Waals surface area contributed by atoms with E-state index >= 15 is 0 Å². The summed E-state index contributed by atoms with van der Waals surface area (Å²) in [4.78, 5) is 21.4. The third-order valence-electron chi connectivity index (χ3n) is 5.68. The Kier molecular flexibility index (Phi) is 5.78. The predicted octanol–water partition coefficient (Wildman–Crippen LogP) is 3.46. The minimum absolute atomic E-state index is 0.0282. The molecule has 4 rings (SSSR count). The Labute approximate surface area is 166 Å². The molecule has 1 fully saturated rings. The molecule has 0 radical (unpaired) electrons. The normalized spacial score (nSPS) is 19.4. The van der Waals surface area contributed by atoms with Gasteiger partial charge in [0.15, 0.2) is 5.82 Å². The van der Waals surface area contributed by atoms with Crippen molar-refractivity contribution in [2.24, 2.45) is 0 Å². The fraction of sp³-hybridized carbons (Fsp3) is 0.571. The zero-order valence-corrected chi connectivity index (χ0v) is 16.6. The molecule has 0 saturated carbocycles. The average Bonchev–Trinajstić information content (AvgIpc) is 3.17. The SMILES string of the molecule is Cc1noc(C2CCCCN2C(=O)NCCCN2CCCc3ccccc32)n1. The zero-order valence-electron chi connectivity index (χ0n) is 16.6. The van der Waals surface area contributed by atoms with Crippen LogP contribution >= 0.6 is 0 Å². The number of carbonyl (C=O) groups excluding carboxylic acids is 1. The van der Waals surface area contributed by atoms with Crippen LogP contribution < -0.4 is 10.2 Å². The molecule has 28 heavy (non-hydrogen) atoms. The first-order valence-electron chi connectivity index (χ1n) is 10.4. The van der Waals surface area contributed by atoms with Gasteiger partial charge in [-0.3, -0.25) is 0 Å². The number of para-hydroxylation sites is 1. The minimum atomic E-state index is -0.107. The Hall–Kier alpha value is -2.57. The topological polar surface area (TPSA) is 74.5 Å². The summed E-state index contributed by atoms with van der Waals surface area (Å²) in [5, 5.41) is 6.97. The minimum Gasteiger partial charge on any atom is -0.371 e. The Morgan fingerprint density at radius 3 is 3.00 bits per heavy atom. The molecule has 1 N–H and O–H groups in total. The first-order chi connectivity index (χ1) is 13.7. The molecule has 2 aliphatic heterocycles. The van der Waals surface area contributed by atoms with Gasteiger partial charge in [0, 0.05) is 31.9 Å². The lowest BCUT2D eigenvalue weighted by atomic mass is 10.0. The number of hydrogen-bond donors (Lipinski definition) is 1. The Morgan fingerprint density at radius 2 is 2.14 bits per heavy atom. The van der Waals surface area contributed by atoms with Crippen molar-refractivity contribution in [1.29, 1.82) is 0 Å². The molecule has 2 amide bonds. The highest BCUT2D eigenvalue weighted by Crippen LogP contribution is 2.30. The Balaban J connectivity index is 1.28. The third-order valence-corrected chi connectivity index (χ3v) is 5.68. The van der Waals surface area contributed by atoms with Crippen LogP contribution in [0.1, 0.15) is 55.4 Å². The lowest BCUT2D eigenvalue weighted by molar-refractivity contribution is 0.132. The second-order valence-electron chi connectivity index (χ2n) is 7.69. The van der Waals surface area contributed by atoms with Crippen LogP contribution in [0.5, 0.6) is 0 Å². The second kappa shape index (κ2) is 8.63. The van der Waals surface area contributed by atoms with Crippen LogP contribution in [0, 0.1) is 6.92 Å². The molecular formula is C21H29N5O2. The molecule has 150 valence electrons. The van der Waals surface area contributed by atoms with Crippen LogP contribution in [-0.4, -0.2) is 47.3 Å². The maximum Gasteiger partial charge on any atom is 0.318 e. The number of nitrogens with zero attached hydrogens (tertiary/aromatic N) is 4. The number of fused-ring (bicyclic) bond motifs is 1. The number of aromatic nitrogens is 2. The number of carbonyl (C=O) groups is 1. The van der Waals surface area contributed by atoms with Crippen LogP contribution in [0.3, 0.4) is 0 Å². The summed E-state index contributed by atoms with van der Waals surface area (Å²) >= 11 is 0. The molecule has 2 aromatic rings. The summed E-state index contributed by atoms with van der Waals surface area (Å²) in [6.07, 6.45) is 6.25. The molecule has 1 atom stereocenters. The number of nitrogens with one attached hydrogen (secondary N) is 1. The number of amides is 2. The van der Waals surface area contributed by atoms with Gasteiger partial charge >= 0.3 is 6.03 Å². The summed E-state index contributed by atoms with van der Waals surface area (Å²) in [5.41, 5.74) is 2.78. The van der Waals surface area contributed by atoms with Crippen molar-refractivity contribution in [2.75, 3.05) is 31.1 Å². The highest BCUT2D eigenvalue weighted by Gasteiger charge is 2.31. The molecule has 7 heteroatoms. The summed E-state index contributed by atoms with van der Waals surface area (Å²) < 4.78 is 5.33. The zero-order chi connectivity index (χ0) is 19.3. The van der Waals surface area contributed by atoms with Crippen molar-refractivity contribution >= 4 is 11.7 Å². The molecule has 1 unspecified atom stereocenters. The van der Waals surface area contributed by atoms with Crippen LogP contribution in [-0.2, 0) is 6.42 Å². The molecule has 0 aliphatic carbocycles. The maximum absolute atomic E-state index is 12.7. The summed E-state index contributed by atoms with van der Waals surface area (Å²) in [7, 11) is 0. The molecular weight excluding hydrogens is 354 g/mol. The van der Waals surface area contributed by atoms with Gasteiger partial charge in [-0.15, -0.1) is 0 Å².